The molecule has 6 nitrogen and oxygen atoms in total. The standard InChI is InChI=1S/C20H29N3O3/c1-6-20(4,5)22-19(26)14-7-9-16(10-8-14)21-18(25)15-11-17(24)23(12-15)13(2)3/h7-10,13,15H,6,11-12H2,1-5H3,(H,21,25)(H,22,26). The maximum atomic E-state index is 12.4. The largest absolute Gasteiger partial charge is 0.347 e. The zero-order chi connectivity index (χ0) is 19.5. The lowest BCUT2D eigenvalue weighted by atomic mass is 10.0. The van der Waals surface area contributed by atoms with Crippen molar-refractivity contribution in [2.45, 2.75) is 59.0 Å². The molecule has 0 saturated carbocycles. The molecule has 1 fully saturated rings. The minimum Gasteiger partial charge on any atom is -0.347 e. The Morgan fingerprint density at radius 2 is 1.85 bits per heavy atom. The smallest absolute Gasteiger partial charge is 0.251 e. The molecule has 1 aromatic carbocycles. The molecule has 1 unspecified atom stereocenters. The molecule has 6 heteroatoms. The van der Waals surface area contributed by atoms with E-state index in [0.29, 0.717) is 17.8 Å². The zero-order valence-electron chi connectivity index (χ0n) is 16.3. The summed E-state index contributed by atoms with van der Waals surface area (Å²) in [5.74, 6) is -0.613. The Morgan fingerprint density at radius 3 is 2.35 bits per heavy atom. The average Bonchev–Trinajstić information content (AvgIpc) is 2.97. The summed E-state index contributed by atoms with van der Waals surface area (Å²) in [5.41, 5.74) is 0.907. The highest BCUT2D eigenvalue weighted by molar-refractivity contribution is 5.98. The molecule has 1 aliphatic rings. The summed E-state index contributed by atoms with van der Waals surface area (Å²) in [6, 6.07) is 6.91. The summed E-state index contributed by atoms with van der Waals surface area (Å²) in [4.78, 5) is 38.3. The first-order valence-electron chi connectivity index (χ1n) is 9.16. The van der Waals surface area contributed by atoms with Crippen LogP contribution in [0.1, 0.15) is 57.8 Å². The number of hydrogen-bond acceptors (Lipinski definition) is 3. The summed E-state index contributed by atoms with van der Waals surface area (Å²) in [6.45, 7) is 10.3. The summed E-state index contributed by atoms with van der Waals surface area (Å²) < 4.78 is 0. The van der Waals surface area contributed by atoms with Crippen LogP contribution in [0.2, 0.25) is 0 Å². The summed E-state index contributed by atoms with van der Waals surface area (Å²) >= 11 is 0. The second-order valence-corrected chi connectivity index (χ2v) is 7.80. The molecule has 1 saturated heterocycles. The number of carbonyl (C=O) groups excluding carboxylic acids is 3. The van der Waals surface area contributed by atoms with Gasteiger partial charge in [-0.15, -0.1) is 0 Å². The molecule has 2 N–H and O–H groups in total. The van der Waals surface area contributed by atoms with Crippen molar-refractivity contribution in [1.82, 2.24) is 10.2 Å². The van der Waals surface area contributed by atoms with Gasteiger partial charge in [0.25, 0.3) is 5.91 Å². The molecule has 1 aromatic rings. The van der Waals surface area contributed by atoms with E-state index in [9.17, 15) is 14.4 Å². The SMILES string of the molecule is CCC(C)(C)NC(=O)c1ccc(NC(=O)C2CC(=O)N(C(C)C)C2)cc1. The predicted molar refractivity (Wildman–Crippen MR) is 102 cm³/mol. The number of hydrogen-bond donors (Lipinski definition) is 2. The van der Waals surface area contributed by atoms with Crippen LogP contribution in [-0.2, 0) is 9.59 Å². The van der Waals surface area contributed by atoms with Crippen LogP contribution in [0.4, 0.5) is 5.69 Å². The molecule has 1 aliphatic heterocycles. The number of carbonyl (C=O) groups is 3. The average molecular weight is 359 g/mol. The molecule has 26 heavy (non-hydrogen) atoms. The zero-order valence-corrected chi connectivity index (χ0v) is 16.3. The van der Waals surface area contributed by atoms with Crippen molar-refractivity contribution >= 4 is 23.4 Å². The summed E-state index contributed by atoms with van der Waals surface area (Å²) in [7, 11) is 0. The fourth-order valence-electron chi connectivity index (χ4n) is 2.82. The van der Waals surface area contributed by atoms with Gasteiger partial charge in [-0.3, -0.25) is 14.4 Å². The fraction of sp³-hybridized carbons (Fsp3) is 0.550. The topological polar surface area (TPSA) is 78.5 Å². The molecule has 3 amide bonds. The Hall–Kier alpha value is -2.37. The summed E-state index contributed by atoms with van der Waals surface area (Å²) in [6.07, 6.45) is 1.08. The van der Waals surface area contributed by atoms with Crippen molar-refractivity contribution in [3.63, 3.8) is 0 Å². The van der Waals surface area contributed by atoms with Gasteiger partial charge in [0.1, 0.15) is 0 Å². The molecule has 0 spiro atoms. The molecular formula is C20H29N3O3. The molecule has 0 aromatic heterocycles. The van der Waals surface area contributed by atoms with Gasteiger partial charge in [-0.25, -0.2) is 0 Å². The van der Waals surface area contributed by atoms with E-state index in [2.05, 4.69) is 10.6 Å². The first-order chi connectivity index (χ1) is 12.1. The third-order valence-electron chi connectivity index (χ3n) is 4.90. The lowest BCUT2D eigenvalue weighted by Crippen LogP contribution is -2.42. The van der Waals surface area contributed by atoms with Gasteiger partial charge in [-0.05, 0) is 58.4 Å². The van der Waals surface area contributed by atoms with Gasteiger partial charge in [0.15, 0.2) is 0 Å². The van der Waals surface area contributed by atoms with Crippen LogP contribution in [0.25, 0.3) is 0 Å². The van der Waals surface area contributed by atoms with Gasteiger partial charge in [-0.1, -0.05) is 6.92 Å². The van der Waals surface area contributed by atoms with E-state index in [1.165, 1.54) is 0 Å². The molecule has 1 heterocycles. The van der Waals surface area contributed by atoms with Crippen molar-refractivity contribution < 1.29 is 14.4 Å². The highest BCUT2D eigenvalue weighted by atomic mass is 16.2. The number of nitrogens with one attached hydrogen (secondary N) is 2. The molecule has 2 rings (SSSR count). The van der Waals surface area contributed by atoms with Crippen LogP contribution in [0.15, 0.2) is 24.3 Å². The fourth-order valence-corrected chi connectivity index (χ4v) is 2.82. The maximum Gasteiger partial charge on any atom is 0.251 e. The third kappa shape index (κ3) is 4.84. The number of likely N-dealkylation sites (tertiary alicyclic amines) is 1. The van der Waals surface area contributed by atoms with E-state index in [4.69, 9.17) is 0 Å². The Morgan fingerprint density at radius 1 is 1.23 bits per heavy atom. The van der Waals surface area contributed by atoms with Crippen molar-refractivity contribution in [3.8, 4) is 0 Å². The first-order valence-corrected chi connectivity index (χ1v) is 9.16. The monoisotopic (exact) mass is 359 g/mol. The molecule has 1 atom stereocenters. The minimum atomic E-state index is -0.335. The van der Waals surface area contributed by atoms with Gasteiger partial charge in [-0.2, -0.15) is 0 Å². The highest BCUT2D eigenvalue weighted by Crippen LogP contribution is 2.22. The normalized spacial score (nSPS) is 17.5. The quantitative estimate of drug-likeness (QED) is 0.820. The van der Waals surface area contributed by atoms with Crippen LogP contribution in [0.3, 0.4) is 0 Å². The van der Waals surface area contributed by atoms with Gasteiger partial charge in [0, 0.05) is 35.8 Å². The highest BCUT2D eigenvalue weighted by Gasteiger charge is 2.35. The summed E-state index contributed by atoms with van der Waals surface area (Å²) in [5, 5.41) is 5.82. The van der Waals surface area contributed by atoms with Crippen LogP contribution < -0.4 is 10.6 Å². The molecular weight excluding hydrogens is 330 g/mol. The van der Waals surface area contributed by atoms with Crippen molar-refractivity contribution in [2.24, 2.45) is 5.92 Å². The van der Waals surface area contributed by atoms with Crippen molar-refractivity contribution in [3.05, 3.63) is 29.8 Å². The third-order valence-corrected chi connectivity index (χ3v) is 4.90. The lowest BCUT2D eigenvalue weighted by Gasteiger charge is -2.24. The number of amides is 3. The Bertz CT molecular complexity index is 680. The van der Waals surface area contributed by atoms with Crippen LogP contribution >= 0.6 is 0 Å². The van der Waals surface area contributed by atoms with Crippen molar-refractivity contribution in [2.75, 3.05) is 11.9 Å². The lowest BCUT2D eigenvalue weighted by molar-refractivity contribution is -0.129. The van der Waals surface area contributed by atoms with E-state index in [1.807, 2.05) is 34.6 Å². The minimum absolute atomic E-state index is 0.0192. The Kier molecular flexibility index (Phi) is 6.05. The predicted octanol–water partition coefficient (Wildman–Crippen LogP) is 2.80. The second-order valence-electron chi connectivity index (χ2n) is 7.80. The van der Waals surface area contributed by atoms with E-state index in [1.54, 1.807) is 29.2 Å². The van der Waals surface area contributed by atoms with Crippen molar-refractivity contribution in [1.29, 1.82) is 0 Å². The Labute approximate surface area is 155 Å². The van der Waals surface area contributed by atoms with E-state index in [0.717, 1.165) is 6.42 Å². The van der Waals surface area contributed by atoms with Gasteiger partial charge in [0.2, 0.25) is 11.8 Å². The number of benzene rings is 1. The van der Waals surface area contributed by atoms with E-state index >= 15 is 0 Å². The van der Waals surface area contributed by atoms with Crippen LogP contribution in [-0.4, -0.2) is 40.7 Å². The van der Waals surface area contributed by atoms with Gasteiger partial charge >= 0.3 is 0 Å². The van der Waals surface area contributed by atoms with Crippen LogP contribution in [0.5, 0.6) is 0 Å². The molecule has 0 aliphatic carbocycles. The number of anilines is 1. The van der Waals surface area contributed by atoms with E-state index < -0.39 is 0 Å². The molecule has 142 valence electrons. The molecule has 0 radical (unpaired) electrons. The van der Waals surface area contributed by atoms with E-state index in [-0.39, 0.29) is 41.6 Å². The maximum absolute atomic E-state index is 12.4. The number of rotatable bonds is 6. The van der Waals surface area contributed by atoms with Crippen LogP contribution in [0, 0.1) is 5.92 Å². The second kappa shape index (κ2) is 7.89. The first kappa shape index (κ1) is 19.9. The van der Waals surface area contributed by atoms with Gasteiger partial charge < -0.3 is 15.5 Å². The number of nitrogens with zero attached hydrogens (tertiary/aromatic N) is 1. The Balaban J connectivity index is 1.96. The van der Waals surface area contributed by atoms with Gasteiger partial charge in [0.05, 0.1) is 5.92 Å². The molecule has 0 bridgehead atoms.